The number of hydrogen-bond donors (Lipinski definition) is 1. The average molecular weight is 285 g/mol. The van der Waals surface area contributed by atoms with Gasteiger partial charge in [-0.1, -0.05) is 0 Å². The fourth-order valence-corrected chi connectivity index (χ4v) is 2.34. The Bertz CT molecular complexity index is 397. The summed E-state index contributed by atoms with van der Waals surface area (Å²) in [7, 11) is 0. The Labute approximate surface area is 102 Å². The molecular weight excluding hydrogens is 272 g/mol. The zero-order valence-corrected chi connectivity index (χ0v) is 10.4. The van der Waals surface area contributed by atoms with E-state index in [4.69, 9.17) is 5.11 Å². The SMILES string of the molecule is O=C(O)[C@H]1CCCN(c2cncc(Br)c2)C1. The van der Waals surface area contributed by atoms with Gasteiger partial charge in [-0.05, 0) is 34.8 Å². The lowest BCUT2D eigenvalue weighted by Gasteiger charge is -2.32. The van der Waals surface area contributed by atoms with Crippen LogP contribution in [0.5, 0.6) is 0 Å². The third-order valence-electron chi connectivity index (χ3n) is 2.83. The van der Waals surface area contributed by atoms with E-state index >= 15 is 0 Å². The summed E-state index contributed by atoms with van der Waals surface area (Å²) in [5.74, 6) is -0.958. The van der Waals surface area contributed by atoms with Gasteiger partial charge >= 0.3 is 5.97 Å². The number of aromatic nitrogens is 1. The summed E-state index contributed by atoms with van der Waals surface area (Å²) in [6.07, 6.45) is 5.19. The Hall–Kier alpha value is -1.10. The summed E-state index contributed by atoms with van der Waals surface area (Å²) in [6.45, 7) is 1.48. The molecule has 0 aromatic carbocycles. The summed E-state index contributed by atoms with van der Waals surface area (Å²) in [6, 6.07) is 1.97. The molecule has 5 heteroatoms. The molecule has 2 rings (SSSR count). The number of pyridine rings is 1. The minimum absolute atomic E-state index is 0.257. The molecule has 1 fully saturated rings. The first-order valence-corrected chi connectivity index (χ1v) is 6.04. The first kappa shape index (κ1) is 11.4. The highest BCUT2D eigenvalue weighted by Gasteiger charge is 2.25. The lowest BCUT2D eigenvalue weighted by molar-refractivity contribution is -0.141. The molecule has 1 aromatic rings. The molecule has 2 heterocycles. The van der Waals surface area contributed by atoms with Crippen LogP contribution in [-0.2, 0) is 4.79 Å². The molecule has 1 aromatic heterocycles. The van der Waals surface area contributed by atoms with Crippen LogP contribution in [0.2, 0.25) is 0 Å². The first-order chi connectivity index (χ1) is 7.66. The van der Waals surface area contributed by atoms with Gasteiger partial charge in [-0.3, -0.25) is 9.78 Å². The molecule has 1 atom stereocenters. The number of aliphatic carboxylic acids is 1. The Balaban J connectivity index is 2.12. The number of anilines is 1. The van der Waals surface area contributed by atoms with Crippen LogP contribution in [0.1, 0.15) is 12.8 Å². The quantitative estimate of drug-likeness (QED) is 0.904. The van der Waals surface area contributed by atoms with Gasteiger partial charge < -0.3 is 10.0 Å². The minimum Gasteiger partial charge on any atom is -0.481 e. The number of carboxylic acid groups (broad SMARTS) is 1. The molecule has 0 unspecified atom stereocenters. The molecule has 86 valence electrons. The van der Waals surface area contributed by atoms with Gasteiger partial charge in [-0.25, -0.2) is 0 Å². The lowest BCUT2D eigenvalue weighted by atomic mass is 9.98. The number of piperidine rings is 1. The molecule has 16 heavy (non-hydrogen) atoms. The highest BCUT2D eigenvalue weighted by molar-refractivity contribution is 9.10. The van der Waals surface area contributed by atoms with Crippen LogP contribution >= 0.6 is 15.9 Å². The molecule has 0 aliphatic carbocycles. The second kappa shape index (κ2) is 4.82. The molecule has 0 saturated carbocycles. The number of nitrogens with zero attached hydrogens (tertiary/aromatic N) is 2. The molecule has 0 amide bonds. The Kier molecular flexibility index (Phi) is 3.43. The highest BCUT2D eigenvalue weighted by Crippen LogP contribution is 2.24. The Morgan fingerprint density at radius 2 is 2.38 bits per heavy atom. The second-order valence-electron chi connectivity index (χ2n) is 3.98. The van der Waals surface area contributed by atoms with Crippen molar-refractivity contribution in [3.8, 4) is 0 Å². The maximum atomic E-state index is 10.9. The van der Waals surface area contributed by atoms with Gasteiger partial charge in [0.25, 0.3) is 0 Å². The number of halogens is 1. The summed E-state index contributed by atoms with van der Waals surface area (Å²) >= 11 is 3.37. The molecule has 4 nitrogen and oxygen atoms in total. The average Bonchev–Trinajstić information content (AvgIpc) is 2.29. The van der Waals surface area contributed by atoms with Gasteiger partial charge in [0.2, 0.25) is 0 Å². The largest absolute Gasteiger partial charge is 0.481 e. The number of carbonyl (C=O) groups is 1. The van der Waals surface area contributed by atoms with Crippen molar-refractivity contribution in [1.29, 1.82) is 0 Å². The van der Waals surface area contributed by atoms with E-state index in [9.17, 15) is 4.79 Å². The van der Waals surface area contributed by atoms with Crippen molar-refractivity contribution in [3.05, 3.63) is 22.9 Å². The fraction of sp³-hybridized carbons (Fsp3) is 0.455. The van der Waals surface area contributed by atoms with Crippen LogP contribution in [0.4, 0.5) is 5.69 Å². The third-order valence-corrected chi connectivity index (χ3v) is 3.26. The lowest BCUT2D eigenvalue weighted by Crippen LogP contribution is -2.38. The molecule has 1 aliphatic heterocycles. The van der Waals surface area contributed by atoms with E-state index in [0.29, 0.717) is 6.54 Å². The third kappa shape index (κ3) is 2.52. The minimum atomic E-state index is -0.701. The molecular formula is C11H13BrN2O2. The van der Waals surface area contributed by atoms with E-state index in [2.05, 4.69) is 25.8 Å². The van der Waals surface area contributed by atoms with E-state index in [1.54, 1.807) is 12.4 Å². The molecule has 1 N–H and O–H groups in total. The monoisotopic (exact) mass is 284 g/mol. The number of hydrogen-bond acceptors (Lipinski definition) is 3. The molecule has 1 aliphatic rings. The second-order valence-corrected chi connectivity index (χ2v) is 4.90. The molecule has 1 saturated heterocycles. The van der Waals surface area contributed by atoms with E-state index in [1.807, 2.05) is 6.07 Å². The summed E-state index contributed by atoms with van der Waals surface area (Å²) < 4.78 is 0.919. The van der Waals surface area contributed by atoms with Crippen LogP contribution in [0.3, 0.4) is 0 Å². The summed E-state index contributed by atoms with van der Waals surface area (Å²) in [4.78, 5) is 17.1. The summed E-state index contributed by atoms with van der Waals surface area (Å²) in [5.41, 5.74) is 0.986. The molecule has 0 radical (unpaired) electrons. The number of rotatable bonds is 2. The zero-order chi connectivity index (χ0) is 11.5. The van der Waals surface area contributed by atoms with Gasteiger partial charge in [0.15, 0.2) is 0 Å². The van der Waals surface area contributed by atoms with Gasteiger partial charge in [-0.2, -0.15) is 0 Å². The first-order valence-electron chi connectivity index (χ1n) is 5.25. The van der Waals surface area contributed by atoms with Crippen molar-refractivity contribution >= 4 is 27.6 Å². The van der Waals surface area contributed by atoms with E-state index in [0.717, 1.165) is 29.5 Å². The van der Waals surface area contributed by atoms with Gasteiger partial charge in [0.05, 0.1) is 17.8 Å². The van der Waals surface area contributed by atoms with Crippen LogP contribution in [0.25, 0.3) is 0 Å². The number of carboxylic acids is 1. The van der Waals surface area contributed by atoms with Gasteiger partial charge in [0.1, 0.15) is 0 Å². The van der Waals surface area contributed by atoms with Gasteiger partial charge in [-0.15, -0.1) is 0 Å². The van der Waals surface area contributed by atoms with Crippen molar-refractivity contribution < 1.29 is 9.90 Å². The topological polar surface area (TPSA) is 53.4 Å². The van der Waals surface area contributed by atoms with E-state index in [1.165, 1.54) is 0 Å². The van der Waals surface area contributed by atoms with Crippen molar-refractivity contribution in [2.75, 3.05) is 18.0 Å². The molecule has 0 spiro atoms. The van der Waals surface area contributed by atoms with Crippen LogP contribution in [0, 0.1) is 5.92 Å². The zero-order valence-electron chi connectivity index (χ0n) is 8.77. The fourth-order valence-electron chi connectivity index (χ4n) is 1.99. The van der Waals surface area contributed by atoms with Crippen molar-refractivity contribution in [3.63, 3.8) is 0 Å². The van der Waals surface area contributed by atoms with Crippen LogP contribution in [0.15, 0.2) is 22.9 Å². The Morgan fingerprint density at radius 3 is 3.06 bits per heavy atom. The van der Waals surface area contributed by atoms with Crippen molar-refractivity contribution in [1.82, 2.24) is 4.98 Å². The van der Waals surface area contributed by atoms with E-state index < -0.39 is 5.97 Å². The maximum absolute atomic E-state index is 10.9. The van der Waals surface area contributed by atoms with Crippen molar-refractivity contribution in [2.24, 2.45) is 5.92 Å². The highest BCUT2D eigenvalue weighted by atomic mass is 79.9. The normalized spacial score (nSPS) is 20.8. The predicted molar refractivity (Wildman–Crippen MR) is 64.5 cm³/mol. The molecule has 0 bridgehead atoms. The van der Waals surface area contributed by atoms with Crippen LogP contribution in [-0.4, -0.2) is 29.1 Å². The van der Waals surface area contributed by atoms with Crippen LogP contribution < -0.4 is 4.90 Å². The standard InChI is InChI=1S/C11H13BrN2O2/c12-9-4-10(6-13-5-9)14-3-1-2-8(7-14)11(15)16/h4-6,8H,1-3,7H2,(H,15,16)/t8-/m0/s1. The van der Waals surface area contributed by atoms with Crippen molar-refractivity contribution in [2.45, 2.75) is 12.8 Å². The maximum Gasteiger partial charge on any atom is 0.308 e. The van der Waals surface area contributed by atoms with E-state index in [-0.39, 0.29) is 5.92 Å². The Morgan fingerprint density at radius 1 is 1.56 bits per heavy atom. The predicted octanol–water partition coefficient (Wildman–Crippen LogP) is 2.15. The summed E-state index contributed by atoms with van der Waals surface area (Å²) in [5, 5.41) is 9.01. The van der Waals surface area contributed by atoms with Gasteiger partial charge in [0, 0.05) is 23.8 Å². The smallest absolute Gasteiger partial charge is 0.308 e.